The van der Waals surface area contributed by atoms with E-state index >= 15 is 0 Å². The van der Waals surface area contributed by atoms with Gasteiger partial charge in [-0.3, -0.25) is 9.98 Å². The Kier molecular flexibility index (Phi) is 14.2. The molecule has 10 heteroatoms. The largest absolute Gasteiger partial charge is 0.507 e. The molecule has 0 unspecified atom stereocenters. The van der Waals surface area contributed by atoms with E-state index in [1.807, 2.05) is 53.7 Å². The zero-order valence-corrected chi connectivity index (χ0v) is 34.0. The molecule has 6 N–H and O–H groups in total. The summed E-state index contributed by atoms with van der Waals surface area (Å²) in [6.45, 7) is 26.3. The predicted octanol–water partition coefficient (Wildman–Crippen LogP) is 9.06. The first-order chi connectivity index (χ1) is 25.7. The highest BCUT2D eigenvalue weighted by molar-refractivity contribution is 6.15. The Hall–Kier alpha value is -4.54. The highest BCUT2D eigenvalue weighted by atomic mass is 16.3. The summed E-state index contributed by atoms with van der Waals surface area (Å²) in [6, 6.07) is 3.73. The predicted molar refractivity (Wildman–Crippen MR) is 224 cm³/mol. The Morgan fingerprint density at radius 1 is 0.537 bits per heavy atom. The number of aromatic hydroxyl groups is 6. The number of hydrogen-bond donors (Lipinski definition) is 6. The topological polar surface area (TPSA) is 153 Å². The summed E-state index contributed by atoms with van der Waals surface area (Å²) < 4.78 is 0. The maximum Gasteiger partial charge on any atom is 0.167 e. The molecule has 4 rings (SSSR count). The van der Waals surface area contributed by atoms with E-state index in [1.165, 1.54) is 12.4 Å². The average molecular weight is 743 g/mol. The third-order valence-corrected chi connectivity index (χ3v) is 10.7. The molecule has 0 saturated carbocycles. The molecule has 4 aromatic rings. The number of hydrogen-bond acceptors (Lipinski definition) is 10. The smallest absolute Gasteiger partial charge is 0.167 e. The third-order valence-electron chi connectivity index (χ3n) is 10.7. The van der Waals surface area contributed by atoms with Crippen LogP contribution in [0.4, 0.5) is 0 Å². The van der Waals surface area contributed by atoms with Crippen molar-refractivity contribution in [2.75, 3.05) is 52.4 Å². The third kappa shape index (κ3) is 8.25. The summed E-state index contributed by atoms with van der Waals surface area (Å²) >= 11 is 0. The van der Waals surface area contributed by atoms with Gasteiger partial charge in [0.25, 0.3) is 0 Å². The Bertz CT molecular complexity index is 1880. The SMILES string of the molecule is CCN(CC)CCCN=Cc1c(O)c(O)c(C(C)C)c2cc(C)c(-c3c(C)cc4c(C(C)C)c(O)c(O)c(C=NCCCN(CC)CC)c4c3O)c(O)c12. The lowest BCUT2D eigenvalue weighted by Gasteiger charge is -2.23. The fraction of sp³-hybridized carbons (Fsp3) is 0.500. The van der Waals surface area contributed by atoms with Gasteiger partial charge in [-0.1, -0.05) is 67.5 Å². The van der Waals surface area contributed by atoms with Crippen molar-refractivity contribution in [3.8, 4) is 45.6 Å². The van der Waals surface area contributed by atoms with Crippen LogP contribution in [-0.4, -0.2) is 105 Å². The highest BCUT2D eigenvalue weighted by Crippen LogP contribution is 2.54. The van der Waals surface area contributed by atoms with E-state index in [4.69, 9.17) is 0 Å². The minimum absolute atomic E-state index is 0.178. The van der Waals surface area contributed by atoms with Crippen LogP contribution in [0.1, 0.15) is 113 Å². The number of rotatable bonds is 17. The summed E-state index contributed by atoms with van der Waals surface area (Å²) in [7, 11) is 0. The van der Waals surface area contributed by atoms with Crippen LogP contribution in [0.25, 0.3) is 32.7 Å². The van der Waals surface area contributed by atoms with Gasteiger partial charge in [-0.2, -0.15) is 0 Å². The summed E-state index contributed by atoms with van der Waals surface area (Å²) in [4.78, 5) is 13.8. The van der Waals surface area contributed by atoms with Crippen molar-refractivity contribution in [3.63, 3.8) is 0 Å². The van der Waals surface area contributed by atoms with Crippen molar-refractivity contribution in [2.24, 2.45) is 9.98 Å². The molecule has 4 aromatic carbocycles. The van der Waals surface area contributed by atoms with Gasteiger partial charge in [-0.15, -0.1) is 0 Å². The first-order valence-corrected chi connectivity index (χ1v) is 19.6. The van der Waals surface area contributed by atoms with Crippen molar-refractivity contribution in [1.82, 2.24) is 9.80 Å². The zero-order chi connectivity index (χ0) is 40.0. The highest BCUT2D eigenvalue weighted by Gasteiger charge is 2.29. The van der Waals surface area contributed by atoms with Crippen molar-refractivity contribution in [1.29, 1.82) is 0 Å². The summed E-state index contributed by atoms with van der Waals surface area (Å²) in [5.74, 6) is -2.00. The van der Waals surface area contributed by atoms with Gasteiger partial charge in [-0.25, -0.2) is 0 Å². The van der Waals surface area contributed by atoms with E-state index in [1.54, 1.807) is 0 Å². The minimum Gasteiger partial charge on any atom is -0.507 e. The van der Waals surface area contributed by atoms with Crippen LogP contribution < -0.4 is 0 Å². The van der Waals surface area contributed by atoms with Crippen LogP contribution in [0, 0.1) is 13.8 Å². The summed E-state index contributed by atoms with van der Waals surface area (Å²) in [5.41, 5.74) is 3.31. The monoisotopic (exact) mass is 742 g/mol. The van der Waals surface area contributed by atoms with E-state index in [-0.39, 0.29) is 57.5 Å². The molecule has 0 atom stereocenters. The summed E-state index contributed by atoms with van der Waals surface area (Å²) in [6.07, 6.45) is 4.63. The minimum atomic E-state index is -0.371. The Balaban J connectivity index is 2.02. The second-order valence-electron chi connectivity index (χ2n) is 14.9. The molecule has 294 valence electrons. The number of benzene rings is 4. The van der Waals surface area contributed by atoms with E-state index in [9.17, 15) is 30.6 Å². The standard InChI is InChI=1S/C44H62N4O6/c1-11-47(12-2)19-15-17-45-23-31-37-29(33(25(5)6)43(53)39(31)49)21-27(9)35(41(37)51)36-28(10)22-30-34(26(7)8)44(54)40(50)32(38(30)42(36)52)24-46-18-16-20-48(13-3)14-4/h21-26,49-54H,11-20H2,1-10H3. The molecule has 0 fully saturated rings. The van der Waals surface area contributed by atoms with Crippen LogP contribution >= 0.6 is 0 Å². The number of fused-ring (bicyclic) bond motifs is 2. The van der Waals surface area contributed by atoms with Gasteiger partial charge in [0.05, 0.1) is 0 Å². The Morgan fingerprint density at radius 3 is 1.17 bits per heavy atom. The second-order valence-corrected chi connectivity index (χ2v) is 14.9. The fourth-order valence-corrected chi connectivity index (χ4v) is 7.79. The van der Waals surface area contributed by atoms with Gasteiger partial charge in [0.2, 0.25) is 0 Å². The number of phenolic OH excluding ortho intramolecular Hbond substituents is 6. The maximum atomic E-state index is 12.4. The van der Waals surface area contributed by atoms with Crippen LogP contribution in [-0.2, 0) is 0 Å². The van der Waals surface area contributed by atoms with E-state index in [2.05, 4.69) is 47.5 Å². The lowest BCUT2D eigenvalue weighted by Crippen LogP contribution is -2.24. The molecular weight excluding hydrogens is 681 g/mol. The molecule has 0 aromatic heterocycles. The number of aryl methyl sites for hydroxylation is 2. The molecule has 0 aliphatic rings. The normalized spacial score (nSPS) is 12.5. The van der Waals surface area contributed by atoms with Crippen LogP contribution in [0.2, 0.25) is 0 Å². The van der Waals surface area contributed by atoms with Gasteiger partial charge in [0.1, 0.15) is 11.5 Å². The van der Waals surface area contributed by atoms with Gasteiger partial charge in [0, 0.05) is 69.7 Å². The van der Waals surface area contributed by atoms with Gasteiger partial charge in [-0.05, 0) is 99.7 Å². The van der Waals surface area contributed by atoms with Crippen molar-refractivity contribution in [2.45, 2.75) is 93.9 Å². The molecule has 0 heterocycles. The van der Waals surface area contributed by atoms with Crippen LogP contribution in [0.5, 0.6) is 34.5 Å². The molecule has 54 heavy (non-hydrogen) atoms. The van der Waals surface area contributed by atoms with Gasteiger partial charge in [0.15, 0.2) is 23.0 Å². The van der Waals surface area contributed by atoms with E-state index < -0.39 is 0 Å². The molecule has 0 radical (unpaired) electrons. The van der Waals surface area contributed by atoms with Gasteiger partial charge < -0.3 is 40.4 Å². The van der Waals surface area contributed by atoms with E-state index in [0.717, 1.165) is 52.1 Å². The average Bonchev–Trinajstić information content (AvgIpc) is 3.12. The second kappa shape index (κ2) is 18.2. The fourth-order valence-electron chi connectivity index (χ4n) is 7.79. The zero-order valence-electron chi connectivity index (χ0n) is 34.0. The molecule has 0 aliphatic carbocycles. The quantitative estimate of drug-likeness (QED) is 0.0356. The molecular formula is C44H62N4O6. The first kappa shape index (κ1) is 42.2. The Labute approximate surface area is 321 Å². The number of phenols is 6. The molecule has 0 spiro atoms. The van der Waals surface area contributed by atoms with Crippen molar-refractivity contribution >= 4 is 34.0 Å². The van der Waals surface area contributed by atoms with Gasteiger partial charge >= 0.3 is 0 Å². The molecule has 10 nitrogen and oxygen atoms in total. The van der Waals surface area contributed by atoms with Crippen LogP contribution in [0.15, 0.2) is 22.1 Å². The number of nitrogens with zero attached hydrogens (tertiary/aromatic N) is 4. The van der Waals surface area contributed by atoms with E-state index in [0.29, 0.717) is 68.0 Å². The molecule has 0 bridgehead atoms. The lowest BCUT2D eigenvalue weighted by molar-refractivity contribution is 0.302. The molecule has 0 amide bonds. The Morgan fingerprint density at radius 2 is 0.870 bits per heavy atom. The molecule has 0 aliphatic heterocycles. The number of aliphatic imine (C=N–C) groups is 2. The lowest BCUT2D eigenvalue weighted by atomic mass is 9.83. The maximum absolute atomic E-state index is 12.4. The molecule has 0 saturated heterocycles. The van der Waals surface area contributed by atoms with Crippen LogP contribution in [0.3, 0.4) is 0 Å². The van der Waals surface area contributed by atoms with Crippen molar-refractivity contribution < 1.29 is 30.6 Å². The van der Waals surface area contributed by atoms with Crippen molar-refractivity contribution in [3.05, 3.63) is 45.5 Å². The first-order valence-electron chi connectivity index (χ1n) is 19.6. The summed E-state index contributed by atoms with van der Waals surface area (Å²) in [5, 5.41) is 71.9.